The van der Waals surface area contributed by atoms with Gasteiger partial charge in [0, 0.05) is 242 Å². The molecule has 8 aromatic heterocycles. The molecule has 0 saturated heterocycles. The van der Waals surface area contributed by atoms with Crippen molar-refractivity contribution in [3.05, 3.63) is 179 Å². The molecule has 12 aromatic rings. The van der Waals surface area contributed by atoms with E-state index in [-0.39, 0.29) is 87.7 Å². The van der Waals surface area contributed by atoms with E-state index in [0.29, 0.717) is 82.5 Å². The second-order valence-electron chi connectivity index (χ2n) is 32.3. The van der Waals surface area contributed by atoms with Crippen LogP contribution in [0.3, 0.4) is 0 Å². The van der Waals surface area contributed by atoms with Crippen LogP contribution >= 0.6 is 0 Å². The number of rotatable bonds is 20. The molecule has 0 unspecified atom stereocenters. The number of nitrogens with two attached hydrogens (primary N) is 1. The number of aromatic nitrogens is 14. The molecule has 4 aliphatic carbocycles. The molecule has 650 valence electrons. The maximum Gasteiger partial charge on any atom is 0.273 e. The molecule has 38 nitrogen and oxygen atoms in total. The molecule has 13 N–H and O–H groups in total. The van der Waals surface area contributed by atoms with Gasteiger partial charge in [0.2, 0.25) is 29.6 Å². The van der Waals surface area contributed by atoms with Gasteiger partial charge in [0.05, 0.1) is 96.5 Å². The van der Waals surface area contributed by atoms with Crippen LogP contribution in [-0.4, -0.2) is 166 Å². The molecule has 4 aliphatic heterocycles. The molecule has 0 atom stereocenters. The summed E-state index contributed by atoms with van der Waals surface area (Å²) in [6.45, 7) is -2.39. The Hall–Kier alpha value is -15.7. The molecule has 4 fully saturated rings. The summed E-state index contributed by atoms with van der Waals surface area (Å²) in [6, 6.07) is 27.8. The number of primary amides is 1. The van der Waals surface area contributed by atoms with Crippen molar-refractivity contribution in [2.24, 2.45) is 57.5 Å². The van der Waals surface area contributed by atoms with Gasteiger partial charge in [-0.2, -0.15) is 25.4 Å². The summed E-state index contributed by atoms with van der Waals surface area (Å²) in [5.74, 6) is -0.459. The van der Waals surface area contributed by atoms with Crippen LogP contribution in [0.5, 0.6) is 0 Å². The minimum absolute atomic E-state index is 0.00878. The monoisotopic (exact) mass is 1720 g/mol. The Labute approximate surface area is 738 Å². The maximum absolute atomic E-state index is 12.5. The second kappa shape index (κ2) is 34.6. The second-order valence-corrected chi connectivity index (χ2v) is 32.3. The van der Waals surface area contributed by atoms with Gasteiger partial charge in [0.25, 0.3) is 23.6 Å². The number of nitrogens with zero attached hydrogens (tertiary/aromatic N) is 18. The number of aryl methyl sites for hydroxylation is 4. The zero-order valence-electron chi connectivity index (χ0n) is 76.9. The van der Waals surface area contributed by atoms with Gasteiger partial charge in [-0.15, -0.1) is 10.2 Å². The van der Waals surface area contributed by atoms with Crippen molar-refractivity contribution >= 4 is 139 Å². The number of hydrogen-bond donors (Lipinski definition) is 12. The van der Waals surface area contributed by atoms with Crippen LogP contribution in [-0.2, 0) is 73.4 Å². The van der Waals surface area contributed by atoms with Gasteiger partial charge in [0.15, 0.2) is 11.5 Å². The molecule has 20 rings (SSSR count). The van der Waals surface area contributed by atoms with Crippen LogP contribution < -0.4 is 83.8 Å². The largest absolute Gasteiger partial charge is 0.368 e. The lowest BCUT2D eigenvalue weighted by atomic mass is 9.99. The van der Waals surface area contributed by atoms with Crippen LogP contribution in [0.1, 0.15) is 123 Å². The van der Waals surface area contributed by atoms with Gasteiger partial charge in [-0.1, -0.05) is 48.5 Å². The minimum atomic E-state index is -2.38. The molecule has 8 aliphatic rings. The van der Waals surface area contributed by atoms with E-state index in [4.69, 9.17) is 14.0 Å². The molecule has 0 spiro atoms. The first-order valence-electron chi connectivity index (χ1n) is 44.3. The highest BCUT2D eigenvalue weighted by atomic mass is 16.2. The summed E-state index contributed by atoms with van der Waals surface area (Å²) < 4.78 is 51.8. The van der Waals surface area contributed by atoms with Crippen molar-refractivity contribution in [2.45, 2.75) is 77.5 Å². The summed E-state index contributed by atoms with van der Waals surface area (Å²) in [5.41, 5.74) is 24.9. The third kappa shape index (κ3) is 17.7. The number of carbonyl (C=O) groups excluding carboxylic acids is 8. The lowest BCUT2D eigenvalue weighted by Gasteiger charge is -2.29. The summed E-state index contributed by atoms with van der Waals surface area (Å²) in [5, 5.41) is 58.1. The Morgan fingerprint density at radius 2 is 0.717 bits per heavy atom. The quantitative estimate of drug-likeness (QED) is 0.0337. The van der Waals surface area contributed by atoms with Crippen molar-refractivity contribution in [1.82, 2.24) is 85.2 Å². The molecule has 12 heterocycles. The van der Waals surface area contributed by atoms with Gasteiger partial charge in [-0.05, 0) is 75.6 Å². The standard InChI is InChI=1S/C23H25N7O2.2C22H24N8O2.C22H23N7O2/c1-24-23(32)16-10-25-19(27-22(31)13-7-8-13)9-18(16)26-17-6-4-5-15-20-14(12-30(3)28-20)11-29(2)21(15)17;1-23-21(32)15-9-24-22(27-20(31)12-7-8-12)26-19(15)25-16-6-4-5-14-17-13(11-30(3)28-17)10-29(2)18(14)16;1-23-22(32)19-16(9-17(26-27-19)25-21(31)12-7-8-12)24-15-6-4-5-14-18-13(11-30(3)28-18)10-29(2)20(14)15;1-28-10-13-11-29(2)27-19(13)14-4-3-5-16(20(14)28)25-17-8-18(24-9-15(17)21(23)30)26-22(31)12-6-7-12/h4-6,9-10,12-13H,7-8,11H2,1-3H3,(H,24,32)(H2,25,26,27,31);4-6,9,11-12H,7-8,10H2,1-3H3,(H,23,32)(H2,24,25,26,27,31);4-6,9,11-12H,7-8,10H2,1-3H3,(H,23,32)(H2,24,25,26,31);3-5,8-9,11-12H,6-7,10H2,1-2H3,(H2,23,30)(H2,24,25,26,31)/i3D3;;3D3;. The van der Waals surface area contributed by atoms with E-state index in [1.165, 1.54) is 32.7 Å². The van der Waals surface area contributed by atoms with Crippen molar-refractivity contribution in [3.8, 4) is 45.0 Å². The molecule has 8 amide bonds. The first kappa shape index (κ1) is 76.2. The van der Waals surface area contributed by atoms with Crippen molar-refractivity contribution in [3.63, 3.8) is 0 Å². The average molecular weight is 1720 g/mol. The fourth-order valence-corrected chi connectivity index (χ4v) is 15.9. The third-order valence-corrected chi connectivity index (χ3v) is 22.6. The van der Waals surface area contributed by atoms with Crippen molar-refractivity contribution < 1.29 is 46.6 Å². The number of benzene rings is 4. The van der Waals surface area contributed by atoms with Gasteiger partial charge in [-0.25, -0.2) is 15.0 Å². The summed E-state index contributed by atoms with van der Waals surface area (Å²) in [6.07, 6.45) is 18.4. The smallest absolute Gasteiger partial charge is 0.273 e. The first-order chi connectivity index (χ1) is 63.6. The van der Waals surface area contributed by atoms with Gasteiger partial charge < -0.3 is 78.5 Å². The Balaban J connectivity index is 0.000000124. The third-order valence-electron chi connectivity index (χ3n) is 22.6. The van der Waals surface area contributed by atoms with E-state index in [2.05, 4.69) is 119 Å². The van der Waals surface area contributed by atoms with E-state index in [0.717, 1.165) is 157 Å². The number of fused-ring (bicyclic) bond motifs is 12. The summed E-state index contributed by atoms with van der Waals surface area (Å²) in [7, 11) is 16.2. The van der Waals surface area contributed by atoms with Crippen LogP contribution in [0, 0.1) is 23.7 Å². The van der Waals surface area contributed by atoms with Crippen LogP contribution in [0.15, 0.2) is 134 Å². The molecular weight excluding hydrogens is 1620 g/mol. The predicted octanol–water partition coefficient (Wildman–Crippen LogP) is 10.1. The molecule has 0 bridgehead atoms. The number of carbonyl (C=O) groups is 8. The molecule has 4 saturated carbocycles. The average Bonchev–Trinajstić information content (AvgIpc) is 1.60. The van der Waals surface area contributed by atoms with Crippen molar-refractivity contribution in [2.75, 3.05) is 111 Å². The Morgan fingerprint density at radius 1 is 0.378 bits per heavy atom. The Kier molecular flexibility index (Phi) is 20.8. The molecule has 127 heavy (non-hydrogen) atoms. The molecule has 0 radical (unpaired) electrons. The SMILES string of the molecule is CN1Cc2cn(C)nc2-c2cccc(Nc3cc(NC(=O)C4CC4)ncc3C(N)=O)c21.CNC(=O)c1cnc(NC(=O)C2CC2)nc1Nc1cccc2c1N(C)Cc1cn(C)nc1-2.[2H]C([2H])([2H])n1cc2c(n1)-c1cccc(Nc3cc(NC(=O)C4CC4)ncc3C(=O)NC)c1N(C)C2.[2H]C([2H])([2H])n1cc2c(n1)-c1cccc(Nc3cc(NC(=O)C4CC4)nnc3C(=O)NC)c1N(C)C2. The van der Waals surface area contributed by atoms with Crippen molar-refractivity contribution in [1.29, 1.82) is 0 Å². The fraction of sp³-hybridized carbons (Fsp3) is 0.303. The van der Waals surface area contributed by atoms with Crippen LogP contribution in [0.4, 0.5) is 91.8 Å². The zero-order chi connectivity index (χ0) is 93.9. The van der Waals surface area contributed by atoms with Gasteiger partial charge in [0.1, 0.15) is 23.0 Å². The molecule has 38 heteroatoms. The normalized spacial score (nSPS) is 15.3. The predicted molar refractivity (Wildman–Crippen MR) is 483 cm³/mol. The molecular formula is C89H96N30O8. The van der Waals surface area contributed by atoms with E-state index in [9.17, 15) is 38.4 Å². The van der Waals surface area contributed by atoms with E-state index in [1.807, 2.05) is 147 Å². The minimum Gasteiger partial charge on any atom is -0.368 e. The highest BCUT2D eigenvalue weighted by Gasteiger charge is 2.37. The number of para-hydroxylation sites is 4. The highest BCUT2D eigenvalue weighted by Crippen LogP contribution is 2.49. The lowest BCUT2D eigenvalue weighted by Crippen LogP contribution is -2.24. The summed E-state index contributed by atoms with van der Waals surface area (Å²) >= 11 is 0. The van der Waals surface area contributed by atoms with Crippen LogP contribution in [0.2, 0.25) is 0 Å². The number of anilines is 16. The maximum atomic E-state index is 12.5. The molecule has 4 aromatic carbocycles. The number of hydrogen-bond acceptors (Lipinski definition) is 26. The highest BCUT2D eigenvalue weighted by molar-refractivity contribution is 6.07. The zero-order valence-corrected chi connectivity index (χ0v) is 70.9. The number of nitrogens with one attached hydrogen (secondary N) is 11. The first-order valence-corrected chi connectivity index (χ1v) is 41.3. The fourth-order valence-electron chi connectivity index (χ4n) is 15.9. The summed E-state index contributed by atoms with van der Waals surface area (Å²) in [4.78, 5) is 124. The van der Waals surface area contributed by atoms with E-state index in [1.54, 1.807) is 37.6 Å². The Morgan fingerprint density at radius 3 is 1.11 bits per heavy atom. The lowest BCUT2D eigenvalue weighted by molar-refractivity contribution is -0.118. The van der Waals surface area contributed by atoms with E-state index < -0.39 is 25.8 Å². The number of amides is 8. The van der Waals surface area contributed by atoms with Crippen LogP contribution in [0.25, 0.3) is 45.0 Å². The Bertz CT molecular complexity index is 6480. The topological polar surface area (TPSA) is 456 Å². The van der Waals surface area contributed by atoms with Gasteiger partial charge in [-0.3, -0.25) is 62.4 Å². The number of pyridine rings is 2. The van der Waals surface area contributed by atoms with Gasteiger partial charge >= 0.3 is 0 Å². The van der Waals surface area contributed by atoms with E-state index >= 15 is 0 Å².